The van der Waals surface area contributed by atoms with Crippen molar-refractivity contribution in [2.24, 2.45) is 0 Å². The minimum absolute atomic E-state index is 0.0234. The van der Waals surface area contributed by atoms with Crippen LogP contribution in [0, 0.1) is 0 Å². The molecule has 0 saturated carbocycles. The van der Waals surface area contributed by atoms with Crippen LogP contribution in [-0.4, -0.2) is 23.2 Å². The van der Waals surface area contributed by atoms with Crippen molar-refractivity contribution in [2.45, 2.75) is 6.61 Å². The predicted molar refractivity (Wildman–Crippen MR) is 72.9 cm³/mol. The Morgan fingerprint density at radius 3 is 2.65 bits per heavy atom. The Bertz CT molecular complexity index is 611. The summed E-state index contributed by atoms with van der Waals surface area (Å²) in [6.45, 7) is 0.278. The molecule has 0 atom stereocenters. The molecule has 0 aliphatic heterocycles. The van der Waals surface area contributed by atoms with E-state index < -0.39 is 5.97 Å². The van der Waals surface area contributed by atoms with Crippen LogP contribution < -0.4 is 15.2 Å². The van der Waals surface area contributed by atoms with Crippen LogP contribution in [0.3, 0.4) is 0 Å². The van der Waals surface area contributed by atoms with Crippen LogP contribution >= 0.6 is 0 Å². The Morgan fingerprint density at radius 1 is 1.35 bits per heavy atom. The molecule has 6 heteroatoms. The van der Waals surface area contributed by atoms with Gasteiger partial charge in [0.15, 0.2) is 0 Å². The quantitative estimate of drug-likeness (QED) is 0.865. The van der Waals surface area contributed by atoms with Gasteiger partial charge in [0.2, 0.25) is 5.88 Å². The van der Waals surface area contributed by atoms with Crippen molar-refractivity contribution < 1.29 is 19.4 Å². The number of carbonyl (C=O) groups is 1. The first-order valence-electron chi connectivity index (χ1n) is 5.84. The molecule has 0 bridgehead atoms. The van der Waals surface area contributed by atoms with Crippen molar-refractivity contribution in [3.05, 3.63) is 47.7 Å². The first kappa shape index (κ1) is 13.7. The summed E-state index contributed by atoms with van der Waals surface area (Å²) in [4.78, 5) is 14.9. The van der Waals surface area contributed by atoms with Crippen LogP contribution in [-0.2, 0) is 6.61 Å². The normalized spacial score (nSPS) is 10.1. The van der Waals surface area contributed by atoms with E-state index in [0.29, 0.717) is 0 Å². The number of nitrogens with zero attached hydrogens (tertiary/aromatic N) is 1. The lowest BCUT2D eigenvalue weighted by Crippen LogP contribution is -2.05. The number of hydrogen-bond donors (Lipinski definition) is 2. The van der Waals surface area contributed by atoms with Crippen LogP contribution in [0.15, 0.2) is 36.5 Å². The van der Waals surface area contributed by atoms with Crippen LogP contribution in [0.1, 0.15) is 15.9 Å². The number of carboxylic acids is 1. The molecule has 0 amide bonds. The van der Waals surface area contributed by atoms with E-state index in [4.69, 9.17) is 20.3 Å². The van der Waals surface area contributed by atoms with E-state index in [9.17, 15) is 4.79 Å². The maximum Gasteiger partial charge on any atom is 0.338 e. The van der Waals surface area contributed by atoms with E-state index >= 15 is 0 Å². The highest BCUT2D eigenvalue weighted by molar-refractivity contribution is 5.93. The standard InChI is InChI=1S/C14H14N2O4/c1-19-10-4-2-9(3-5-10)8-20-13-6-11(14(17)18)12(15)7-16-13/h2-7H,8,15H2,1H3,(H,17,18). The van der Waals surface area contributed by atoms with E-state index in [1.54, 1.807) is 7.11 Å². The van der Waals surface area contributed by atoms with Crippen LogP contribution in [0.5, 0.6) is 11.6 Å². The number of aromatic carboxylic acids is 1. The molecule has 0 unspecified atom stereocenters. The molecule has 6 nitrogen and oxygen atoms in total. The lowest BCUT2D eigenvalue weighted by molar-refractivity contribution is 0.0697. The molecule has 1 aromatic carbocycles. The Labute approximate surface area is 115 Å². The predicted octanol–water partition coefficient (Wildman–Crippen LogP) is 1.95. The van der Waals surface area contributed by atoms with Crippen LogP contribution in [0.2, 0.25) is 0 Å². The number of pyridine rings is 1. The number of nitrogens with two attached hydrogens (primary N) is 1. The van der Waals surface area contributed by atoms with Crippen molar-refractivity contribution in [3.8, 4) is 11.6 Å². The number of carboxylic acid groups (broad SMARTS) is 1. The molecule has 1 heterocycles. The van der Waals surface area contributed by atoms with Crippen LogP contribution in [0.25, 0.3) is 0 Å². The number of aromatic nitrogens is 1. The van der Waals surface area contributed by atoms with Crippen molar-refractivity contribution in [2.75, 3.05) is 12.8 Å². The summed E-state index contributed by atoms with van der Waals surface area (Å²) in [6, 6.07) is 8.65. The molecular weight excluding hydrogens is 260 g/mol. The zero-order valence-electron chi connectivity index (χ0n) is 10.9. The van der Waals surface area contributed by atoms with E-state index in [-0.39, 0.29) is 23.7 Å². The number of methoxy groups -OCH3 is 1. The van der Waals surface area contributed by atoms with Gasteiger partial charge in [-0.05, 0) is 17.7 Å². The zero-order valence-corrected chi connectivity index (χ0v) is 10.9. The molecule has 0 spiro atoms. The molecule has 2 aromatic rings. The highest BCUT2D eigenvalue weighted by atomic mass is 16.5. The summed E-state index contributed by atoms with van der Waals surface area (Å²) >= 11 is 0. The molecule has 104 valence electrons. The maximum absolute atomic E-state index is 10.9. The van der Waals surface area contributed by atoms with Gasteiger partial charge in [0, 0.05) is 6.07 Å². The van der Waals surface area contributed by atoms with Crippen molar-refractivity contribution in [1.82, 2.24) is 4.98 Å². The number of ether oxygens (including phenoxy) is 2. The molecule has 0 aliphatic rings. The smallest absolute Gasteiger partial charge is 0.338 e. The summed E-state index contributed by atoms with van der Waals surface area (Å²) in [5, 5.41) is 8.96. The summed E-state index contributed by atoms with van der Waals surface area (Å²) in [5.74, 6) is -0.140. The van der Waals surface area contributed by atoms with E-state index in [2.05, 4.69) is 4.98 Å². The van der Waals surface area contributed by atoms with Crippen LogP contribution in [0.4, 0.5) is 5.69 Å². The first-order valence-corrected chi connectivity index (χ1v) is 5.84. The maximum atomic E-state index is 10.9. The van der Waals surface area contributed by atoms with Crippen molar-refractivity contribution >= 4 is 11.7 Å². The van der Waals surface area contributed by atoms with E-state index in [1.165, 1.54) is 12.3 Å². The number of rotatable bonds is 5. The fraction of sp³-hybridized carbons (Fsp3) is 0.143. The van der Waals surface area contributed by atoms with Crippen molar-refractivity contribution in [1.29, 1.82) is 0 Å². The van der Waals surface area contributed by atoms with Gasteiger partial charge in [-0.3, -0.25) is 0 Å². The SMILES string of the molecule is COc1ccc(COc2cc(C(=O)O)c(N)cn2)cc1. The molecule has 0 saturated heterocycles. The molecule has 0 radical (unpaired) electrons. The van der Waals surface area contributed by atoms with Gasteiger partial charge < -0.3 is 20.3 Å². The minimum Gasteiger partial charge on any atom is -0.497 e. The molecule has 0 fully saturated rings. The third-order valence-electron chi connectivity index (χ3n) is 2.69. The highest BCUT2D eigenvalue weighted by Gasteiger charge is 2.10. The van der Waals surface area contributed by atoms with E-state index in [1.807, 2.05) is 24.3 Å². The molecule has 20 heavy (non-hydrogen) atoms. The Hall–Kier alpha value is -2.76. The third kappa shape index (κ3) is 3.17. The summed E-state index contributed by atoms with van der Waals surface area (Å²) in [5.41, 5.74) is 6.52. The van der Waals surface area contributed by atoms with Gasteiger partial charge in [0.1, 0.15) is 12.4 Å². The lowest BCUT2D eigenvalue weighted by atomic mass is 10.2. The number of hydrogen-bond acceptors (Lipinski definition) is 5. The van der Waals surface area contributed by atoms with Crippen molar-refractivity contribution in [3.63, 3.8) is 0 Å². The monoisotopic (exact) mass is 274 g/mol. The van der Waals surface area contributed by atoms with Gasteiger partial charge in [-0.1, -0.05) is 12.1 Å². The molecule has 0 aliphatic carbocycles. The molecule has 3 N–H and O–H groups in total. The summed E-state index contributed by atoms with van der Waals surface area (Å²) in [7, 11) is 1.59. The second-order valence-corrected chi connectivity index (χ2v) is 4.05. The second-order valence-electron chi connectivity index (χ2n) is 4.05. The Kier molecular flexibility index (Phi) is 4.05. The lowest BCUT2D eigenvalue weighted by Gasteiger charge is -2.08. The van der Waals surface area contributed by atoms with Gasteiger partial charge in [0.25, 0.3) is 0 Å². The van der Waals surface area contributed by atoms with E-state index in [0.717, 1.165) is 11.3 Å². The first-order chi connectivity index (χ1) is 9.60. The van der Waals surface area contributed by atoms with Gasteiger partial charge in [0.05, 0.1) is 24.6 Å². The number of benzene rings is 1. The fourth-order valence-corrected chi connectivity index (χ4v) is 1.59. The van der Waals surface area contributed by atoms with Gasteiger partial charge >= 0.3 is 5.97 Å². The topological polar surface area (TPSA) is 94.7 Å². The highest BCUT2D eigenvalue weighted by Crippen LogP contribution is 2.18. The average Bonchev–Trinajstić information content (AvgIpc) is 2.46. The molecule has 2 rings (SSSR count). The largest absolute Gasteiger partial charge is 0.497 e. The zero-order chi connectivity index (χ0) is 14.5. The summed E-state index contributed by atoms with van der Waals surface area (Å²) < 4.78 is 10.5. The average molecular weight is 274 g/mol. The van der Waals surface area contributed by atoms with Gasteiger partial charge in [-0.2, -0.15) is 0 Å². The Balaban J connectivity index is 2.06. The number of nitrogen functional groups attached to an aromatic ring is 1. The van der Waals surface area contributed by atoms with Gasteiger partial charge in [-0.25, -0.2) is 9.78 Å². The second kappa shape index (κ2) is 5.92. The van der Waals surface area contributed by atoms with Gasteiger partial charge in [-0.15, -0.1) is 0 Å². The minimum atomic E-state index is -1.11. The summed E-state index contributed by atoms with van der Waals surface area (Å²) in [6.07, 6.45) is 1.27. The molecule has 1 aromatic heterocycles. The molecular formula is C14H14N2O4. The number of anilines is 1. The fourth-order valence-electron chi connectivity index (χ4n) is 1.59. The Morgan fingerprint density at radius 2 is 2.05 bits per heavy atom. The third-order valence-corrected chi connectivity index (χ3v) is 2.69.